The van der Waals surface area contributed by atoms with Crippen molar-refractivity contribution in [1.29, 1.82) is 0 Å². The summed E-state index contributed by atoms with van der Waals surface area (Å²) in [5.41, 5.74) is 3.08. The summed E-state index contributed by atoms with van der Waals surface area (Å²) >= 11 is 0. The van der Waals surface area contributed by atoms with E-state index in [1.165, 1.54) is 11.3 Å². The first-order valence-corrected chi connectivity index (χ1v) is 9.79. The van der Waals surface area contributed by atoms with Gasteiger partial charge in [0.1, 0.15) is 5.75 Å². The van der Waals surface area contributed by atoms with Crippen LogP contribution in [0.3, 0.4) is 0 Å². The Kier molecular flexibility index (Phi) is 8.53. The minimum absolute atomic E-state index is 0.0108. The van der Waals surface area contributed by atoms with Crippen molar-refractivity contribution in [2.45, 2.75) is 33.1 Å². The van der Waals surface area contributed by atoms with Gasteiger partial charge < -0.3 is 15.0 Å². The number of likely N-dealkylation sites (N-methyl/N-ethyl adjacent to an activating group) is 1. The number of ketones is 1. The normalized spacial score (nSPS) is 10.4. The lowest BCUT2D eigenvalue weighted by atomic mass is 10.1. The molecule has 1 amide bonds. The van der Waals surface area contributed by atoms with Crippen molar-refractivity contribution in [2.75, 3.05) is 31.6 Å². The van der Waals surface area contributed by atoms with Gasteiger partial charge in [0.05, 0.1) is 7.11 Å². The number of hydrogen-bond donors (Lipinski definition) is 1. The summed E-state index contributed by atoms with van der Waals surface area (Å²) in [6.45, 7) is 6.44. The molecule has 5 nitrogen and oxygen atoms in total. The average molecular weight is 383 g/mol. The fourth-order valence-corrected chi connectivity index (χ4v) is 3.12. The van der Waals surface area contributed by atoms with Crippen LogP contribution in [-0.2, 0) is 4.79 Å². The van der Waals surface area contributed by atoms with Gasteiger partial charge in [-0.3, -0.25) is 9.59 Å². The number of amides is 1. The van der Waals surface area contributed by atoms with E-state index in [4.69, 9.17) is 4.74 Å². The first-order chi connectivity index (χ1) is 13.5. The zero-order chi connectivity index (χ0) is 20.4. The Morgan fingerprint density at radius 2 is 1.75 bits per heavy atom. The van der Waals surface area contributed by atoms with Crippen molar-refractivity contribution in [2.24, 2.45) is 0 Å². The maximum atomic E-state index is 12.2. The van der Waals surface area contributed by atoms with Crippen molar-refractivity contribution in [3.63, 3.8) is 0 Å². The highest BCUT2D eigenvalue weighted by molar-refractivity contribution is 5.96. The molecule has 0 bridgehead atoms. The highest BCUT2D eigenvalue weighted by Gasteiger charge is 2.10. The largest absolute Gasteiger partial charge is 0.497 e. The molecule has 2 rings (SSSR count). The fourth-order valence-electron chi connectivity index (χ4n) is 3.12. The molecule has 0 aromatic heterocycles. The van der Waals surface area contributed by atoms with Crippen molar-refractivity contribution >= 4 is 17.4 Å². The second kappa shape index (κ2) is 11.1. The molecule has 0 atom stereocenters. The van der Waals surface area contributed by atoms with E-state index >= 15 is 0 Å². The van der Waals surface area contributed by atoms with Crippen molar-refractivity contribution in [3.8, 4) is 5.75 Å². The minimum Gasteiger partial charge on any atom is -0.497 e. The first-order valence-electron chi connectivity index (χ1n) is 9.79. The Bertz CT molecular complexity index is 772. The molecule has 0 aliphatic rings. The van der Waals surface area contributed by atoms with Gasteiger partial charge >= 0.3 is 0 Å². The number of para-hydroxylation sites is 1. The van der Waals surface area contributed by atoms with E-state index in [0.29, 0.717) is 31.4 Å². The summed E-state index contributed by atoms with van der Waals surface area (Å²) in [4.78, 5) is 26.5. The van der Waals surface area contributed by atoms with Crippen LogP contribution in [0.1, 0.15) is 42.1 Å². The molecule has 0 aliphatic heterocycles. The zero-order valence-electron chi connectivity index (χ0n) is 17.0. The topological polar surface area (TPSA) is 58.6 Å². The van der Waals surface area contributed by atoms with Gasteiger partial charge in [-0.15, -0.1) is 0 Å². The van der Waals surface area contributed by atoms with Crippen LogP contribution in [0, 0.1) is 6.92 Å². The summed E-state index contributed by atoms with van der Waals surface area (Å²) in [5.74, 6) is 0.762. The van der Waals surface area contributed by atoms with E-state index < -0.39 is 0 Å². The Morgan fingerprint density at radius 1 is 1.04 bits per heavy atom. The second-order valence-corrected chi connectivity index (χ2v) is 6.72. The lowest BCUT2D eigenvalue weighted by Crippen LogP contribution is -2.35. The number of carbonyl (C=O) groups excluding carboxylic acids is 2. The predicted molar refractivity (Wildman–Crippen MR) is 113 cm³/mol. The van der Waals surface area contributed by atoms with E-state index in [1.54, 1.807) is 31.4 Å². The molecule has 0 unspecified atom stereocenters. The first kappa shape index (κ1) is 21.5. The van der Waals surface area contributed by atoms with Crippen LogP contribution in [-0.4, -0.2) is 38.4 Å². The molecule has 28 heavy (non-hydrogen) atoms. The third-order valence-electron chi connectivity index (χ3n) is 4.76. The Hall–Kier alpha value is -2.82. The van der Waals surface area contributed by atoms with Crippen LogP contribution < -0.4 is 15.0 Å². The summed E-state index contributed by atoms with van der Waals surface area (Å²) in [7, 11) is 1.59. The van der Waals surface area contributed by atoms with Crippen molar-refractivity contribution in [1.82, 2.24) is 5.32 Å². The maximum Gasteiger partial charge on any atom is 0.220 e. The van der Waals surface area contributed by atoms with Crippen molar-refractivity contribution in [3.05, 3.63) is 59.7 Å². The average Bonchev–Trinajstić information content (AvgIpc) is 2.72. The van der Waals surface area contributed by atoms with Gasteiger partial charge in [-0.2, -0.15) is 0 Å². The lowest BCUT2D eigenvalue weighted by Gasteiger charge is -2.25. The van der Waals surface area contributed by atoms with E-state index in [2.05, 4.69) is 36.2 Å². The SMILES string of the molecule is CCN(CCNC(=O)CCCC(=O)c1ccc(OC)cc1)c1ccccc1C. The third kappa shape index (κ3) is 6.41. The number of hydrogen-bond acceptors (Lipinski definition) is 4. The van der Waals surface area contributed by atoms with E-state index in [-0.39, 0.29) is 11.7 Å². The number of nitrogens with zero attached hydrogens (tertiary/aromatic N) is 1. The molecule has 0 fully saturated rings. The van der Waals surface area contributed by atoms with Crippen LogP contribution in [0.15, 0.2) is 48.5 Å². The standard InChI is InChI=1S/C23H30N2O3/c1-4-25(21-9-6-5-8-18(21)2)17-16-24-23(27)11-7-10-22(26)19-12-14-20(28-3)15-13-19/h5-6,8-9,12-15H,4,7,10-11,16-17H2,1-3H3,(H,24,27). The number of methoxy groups -OCH3 is 1. The zero-order valence-corrected chi connectivity index (χ0v) is 17.0. The van der Waals surface area contributed by atoms with Gasteiger partial charge in [0.2, 0.25) is 5.91 Å². The third-order valence-corrected chi connectivity index (χ3v) is 4.76. The van der Waals surface area contributed by atoms with Gasteiger partial charge in [-0.05, 0) is 56.2 Å². The van der Waals surface area contributed by atoms with Crippen LogP contribution in [0.2, 0.25) is 0 Å². The molecule has 0 heterocycles. The van der Waals surface area contributed by atoms with Crippen LogP contribution in [0.4, 0.5) is 5.69 Å². The van der Waals surface area contributed by atoms with E-state index in [1.807, 2.05) is 12.1 Å². The summed E-state index contributed by atoms with van der Waals surface area (Å²) in [6.07, 6.45) is 1.27. The van der Waals surface area contributed by atoms with Gasteiger partial charge in [0.25, 0.3) is 0 Å². The summed E-state index contributed by atoms with van der Waals surface area (Å²) in [6, 6.07) is 15.3. The molecule has 0 spiro atoms. The number of aryl methyl sites for hydroxylation is 1. The quantitative estimate of drug-likeness (QED) is 0.597. The minimum atomic E-state index is -0.0108. The highest BCUT2D eigenvalue weighted by Crippen LogP contribution is 2.18. The van der Waals surface area contributed by atoms with Gasteiger partial charge in [0.15, 0.2) is 5.78 Å². The fraction of sp³-hybridized carbons (Fsp3) is 0.391. The smallest absolute Gasteiger partial charge is 0.220 e. The van der Waals surface area contributed by atoms with Gasteiger partial charge in [0, 0.05) is 43.7 Å². The van der Waals surface area contributed by atoms with Crippen LogP contribution in [0.5, 0.6) is 5.75 Å². The molecule has 1 N–H and O–H groups in total. The number of ether oxygens (including phenoxy) is 1. The number of Topliss-reactive ketones (excluding diaryl/α,β-unsaturated/α-hetero) is 1. The number of benzene rings is 2. The maximum absolute atomic E-state index is 12.2. The van der Waals surface area contributed by atoms with Crippen LogP contribution >= 0.6 is 0 Å². The number of carbonyl (C=O) groups is 2. The molecule has 0 saturated carbocycles. The number of anilines is 1. The molecule has 0 saturated heterocycles. The molecule has 0 aliphatic carbocycles. The van der Waals surface area contributed by atoms with Crippen molar-refractivity contribution < 1.29 is 14.3 Å². The molecule has 2 aromatic rings. The molecular formula is C23H30N2O3. The predicted octanol–water partition coefficient (Wildman–Crippen LogP) is 4.00. The van der Waals surface area contributed by atoms with Gasteiger partial charge in [-0.1, -0.05) is 18.2 Å². The Labute approximate surface area is 167 Å². The number of nitrogens with one attached hydrogen (secondary N) is 1. The number of rotatable bonds is 11. The van der Waals surface area contributed by atoms with E-state index in [9.17, 15) is 9.59 Å². The monoisotopic (exact) mass is 382 g/mol. The molecule has 0 radical (unpaired) electrons. The molecular weight excluding hydrogens is 352 g/mol. The molecule has 5 heteroatoms. The van der Waals surface area contributed by atoms with Crippen LogP contribution in [0.25, 0.3) is 0 Å². The summed E-state index contributed by atoms with van der Waals surface area (Å²) in [5, 5.41) is 2.96. The lowest BCUT2D eigenvalue weighted by molar-refractivity contribution is -0.121. The molecule has 150 valence electrons. The Balaban J connectivity index is 1.69. The molecule has 2 aromatic carbocycles. The summed E-state index contributed by atoms with van der Waals surface area (Å²) < 4.78 is 5.09. The van der Waals surface area contributed by atoms with E-state index in [0.717, 1.165) is 18.8 Å². The Morgan fingerprint density at radius 3 is 2.39 bits per heavy atom. The van der Waals surface area contributed by atoms with Gasteiger partial charge in [-0.25, -0.2) is 0 Å². The highest BCUT2D eigenvalue weighted by atomic mass is 16.5. The second-order valence-electron chi connectivity index (χ2n) is 6.72.